The number of ether oxygens (including phenoxy) is 1. The number of methoxy groups -OCH3 is 1. The van der Waals surface area contributed by atoms with Gasteiger partial charge in [-0.25, -0.2) is 9.97 Å². The van der Waals surface area contributed by atoms with E-state index in [1.807, 2.05) is 20.9 Å². The lowest BCUT2D eigenvalue weighted by atomic mass is 9.79. The average Bonchev–Trinajstić information content (AvgIpc) is 2.22. The standard InChI is InChI=1S/C12H19N3O/c1-8-9(2)14-11(15-10(8)13-3)12(16-4)6-5-7-12/h5-7H2,1-4H3,(H,13,14,15). The van der Waals surface area contributed by atoms with Gasteiger partial charge in [0.15, 0.2) is 5.82 Å². The molecule has 4 nitrogen and oxygen atoms in total. The Bertz CT molecular complexity index is 394. The Balaban J connectivity index is 2.45. The molecule has 0 aliphatic heterocycles. The van der Waals surface area contributed by atoms with Crippen LogP contribution in [0.1, 0.15) is 36.3 Å². The van der Waals surface area contributed by atoms with E-state index in [1.165, 1.54) is 6.42 Å². The van der Waals surface area contributed by atoms with Crippen molar-refractivity contribution in [3.63, 3.8) is 0 Å². The minimum Gasteiger partial charge on any atom is -0.373 e. The highest BCUT2D eigenvalue weighted by molar-refractivity contribution is 5.45. The first-order chi connectivity index (χ1) is 7.63. The van der Waals surface area contributed by atoms with Gasteiger partial charge < -0.3 is 10.1 Å². The molecule has 1 heterocycles. The maximum absolute atomic E-state index is 5.60. The van der Waals surface area contributed by atoms with Gasteiger partial charge in [0.2, 0.25) is 0 Å². The third-order valence-corrected chi connectivity index (χ3v) is 3.59. The lowest BCUT2D eigenvalue weighted by Crippen LogP contribution is -2.38. The number of hydrogen-bond donors (Lipinski definition) is 1. The third kappa shape index (κ3) is 1.57. The summed E-state index contributed by atoms with van der Waals surface area (Å²) in [5.41, 5.74) is 1.90. The maximum atomic E-state index is 5.60. The van der Waals surface area contributed by atoms with Crippen molar-refractivity contribution in [2.75, 3.05) is 19.5 Å². The second-order valence-corrected chi connectivity index (χ2v) is 4.41. The number of nitrogens with zero attached hydrogens (tertiary/aromatic N) is 2. The van der Waals surface area contributed by atoms with Gasteiger partial charge in [-0.1, -0.05) is 0 Å². The molecule has 1 fully saturated rings. The van der Waals surface area contributed by atoms with Gasteiger partial charge in [0.05, 0.1) is 0 Å². The van der Waals surface area contributed by atoms with E-state index in [2.05, 4.69) is 15.3 Å². The van der Waals surface area contributed by atoms with Gasteiger partial charge in [-0.3, -0.25) is 0 Å². The van der Waals surface area contributed by atoms with Crippen LogP contribution >= 0.6 is 0 Å². The van der Waals surface area contributed by atoms with Gasteiger partial charge in [0.1, 0.15) is 11.4 Å². The Morgan fingerprint density at radius 2 is 1.94 bits per heavy atom. The molecule has 0 amide bonds. The largest absolute Gasteiger partial charge is 0.373 e. The zero-order chi connectivity index (χ0) is 11.8. The third-order valence-electron chi connectivity index (χ3n) is 3.59. The minimum atomic E-state index is -0.232. The molecule has 1 aliphatic carbocycles. The number of anilines is 1. The van der Waals surface area contributed by atoms with E-state index in [1.54, 1.807) is 7.11 Å². The SMILES string of the molecule is CNc1nc(C2(OC)CCC2)nc(C)c1C. The van der Waals surface area contributed by atoms with Crippen LogP contribution in [0.25, 0.3) is 0 Å². The van der Waals surface area contributed by atoms with Crippen LogP contribution in [0.15, 0.2) is 0 Å². The molecular weight excluding hydrogens is 202 g/mol. The van der Waals surface area contributed by atoms with Gasteiger partial charge >= 0.3 is 0 Å². The van der Waals surface area contributed by atoms with Crippen molar-refractivity contribution >= 4 is 5.82 Å². The van der Waals surface area contributed by atoms with E-state index in [0.29, 0.717) is 0 Å². The van der Waals surface area contributed by atoms with Crippen LogP contribution in [0.3, 0.4) is 0 Å². The lowest BCUT2D eigenvalue weighted by molar-refractivity contribution is -0.0846. The van der Waals surface area contributed by atoms with Gasteiger partial charge in [-0.2, -0.15) is 0 Å². The minimum absolute atomic E-state index is 0.232. The summed E-state index contributed by atoms with van der Waals surface area (Å²) in [6, 6.07) is 0. The molecule has 0 bridgehead atoms. The molecule has 1 aromatic heterocycles. The number of rotatable bonds is 3. The predicted octanol–water partition coefficient (Wildman–Crippen LogP) is 2.16. The van der Waals surface area contributed by atoms with Crippen LogP contribution in [-0.4, -0.2) is 24.1 Å². The van der Waals surface area contributed by atoms with E-state index in [9.17, 15) is 0 Å². The van der Waals surface area contributed by atoms with Gasteiger partial charge in [-0.05, 0) is 33.1 Å². The fourth-order valence-corrected chi connectivity index (χ4v) is 2.09. The van der Waals surface area contributed by atoms with E-state index in [4.69, 9.17) is 4.74 Å². The Kier molecular flexibility index (Phi) is 2.84. The summed E-state index contributed by atoms with van der Waals surface area (Å²) in [6.07, 6.45) is 3.24. The predicted molar refractivity (Wildman–Crippen MR) is 63.6 cm³/mol. The summed E-state index contributed by atoms with van der Waals surface area (Å²) in [7, 11) is 3.63. The highest BCUT2D eigenvalue weighted by Gasteiger charge is 2.42. The van der Waals surface area contributed by atoms with Crippen LogP contribution in [0, 0.1) is 13.8 Å². The second kappa shape index (κ2) is 4.01. The molecule has 0 unspecified atom stereocenters. The van der Waals surface area contributed by atoms with Crippen molar-refractivity contribution in [1.82, 2.24) is 9.97 Å². The van der Waals surface area contributed by atoms with Crippen molar-refractivity contribution in [1.29, 1.82) is 0 Å². The molecule has 0 spiro atoms. The quantitative estimate of drug-likeness (QED) is 0.849. The first-order valence-electron chi connectivity index (χ1n) is 5.71. The molecule has 88 valence electrons. The van der Waals surface area contributed by atoms with E-state index >= 15 is 0 Å². The van der Waals surface area contributed by atoms with Crippen molar-refractivity contribution in [2.45, 2.75) is 38.7 Å². The summed E-state index contributed by atoms with van der Waals surface area (Å²) in [6.45, 7) is 4.05. The van der Waals surface area contributed by atoms with Crippen LogP contribution < -0.4 is 5.32 Å². The van der Waals surface area contributed by atoms with Gasteiger partial charge in [0.25, 0.3) is 0 Å². The summed E-state index contributed by atoms with van der Waals surface area (Å²) in [4.78, 5) is 9.14. The van der Waals surface area contributed by atoms with Crippen LogP contribution in [0.4, 0.5) is 5.82 Å². The number of aromatic nitrogens is 2. The zero-order valence-corrected chi connectivity index (χ0v) is 10.4. The van der Waals surface area contributed by atoms with Crippen LogP contribution in [0.5, 0.6) is 0 Å². The molecular formula is C12H19N3O. The fourth-order valence-electron chi connectivity index (χ4n) is 2.09. The molecule has 0 radical (unpaired) electrons. The Morgan fingerprint density at radius 3 is 2.38 bits per heavy atom. The highest BCUT2D eigenvalue weighted by Crippen LogP contribution is 2.43. The molecule has 0 atom stereocenters. The average molecular weight is 221 g/mol. The number of aryl methyl sites for hydroxylation is 1. The van der Waals surface area contributed by atoms with E-state index in [0.717, 1.165) is 35.7 Å². The fraction of sp³-hybridized carbons (Fsp3) is 0.667. The highest BCUT2D eigenvalue weighted by atomic mass is 16.5. The molecule has 4 heteroatoms. The molecule has 16 heavy (non-hydrogen) atoms. The molecule has 1 aliphatic rings. The Morgan fingerprint density at radius 1 is 1.25 bits per heavy atom. The molecule has 2 rings (SSSR count). The Labute approximate surface area is 96.4 Å². The smallest absolute Gasteiger partial charge is 0.162 e. The Hall–Kier alpha value is -1.16. The maximum Gasteiger partial charge on any atom is 0.162 e. The normalized spacial score (nSPS) is 18.0. The monoisotopic (exact) mass is 221 g/mol. The number of hydrogen-bond acceptors (Lipinski definition) is 4. The molecule has 1 aromatic rings. The summed E-state index contributed by atoms with van der Waals surface area (Å²) < 4.78 is 5.60. The molecule has 1 saturated carbocycles. The van der Waals surface area contributed by atoms with Crippen LogP contribution in [-0.2, 0) is 10.3 Å². The van der Waals surface area contributed by atoms with E-state index < -0.39 is 0 Å². The zero-order valence-electron chi connectivity index (χ0n) is 10.4. The second-order valence-electron chi connectivity index (χ2n) is 4.41. The summed E-state index contributed by atoms with van der Waals surface area (Å²) >= 11 is 0. The van der Waals surface area contributed by atoms with Crippen molar-refractivity contribution in [2.24, 2.45) is 0 Å². The van der Waals surface area contributed by atoms with Crippen molar-refractivity contribution in [3.05, 3.63) is 17.1 Å². The topological polar surface area (TPSA) is 47.0 Å². The van der Waals surface area contributed by atoms with E-state index in [-0.39, 0.29) is 5.60 Å². The van der Waals surface area contributed by atoms with Crippen molar-refractivity contribution < 1.29 is 4.74 Å². The molecule has 1 N–H and O–H groups in total. The number of nitrogens with one attached hydrogen (secondary N) is 1. The van der Waals surface area contributed by atoms with Crippen LogP contribution in [0.2, 0.25) is 0 Å². The van der Waals surface area contributed by atoms with Gasteiger partial charge in [0, 0.05) is 25.4 Å². The molecule has 0 aromatic carbocycles. The molecule has 0 saturated heterocycles. The summed E-state index contributed by atoms with van der Waals surface area (Å²) in [5.74, 6) is 1.74. The summed E-state index contributed by atoms with van der Waals surface area (Å²) in [5, 5.41) is 3.11. The first kappa shape index (κ1) is 11.3. The van der Waals surface area contributed by atoms with Crippen molar-refractivity contribution in [3.8, 4) is 0 Å². The first-order valence-corrected chi connectivity index (χ1v) is 5.71. The lowest BCUT2D eigenvalue weighted by Gasteiger charge is -2.39. The van der Waals surface area contributed by atoms with Gasteiger partial charge in [-0.15, -0.1) is 0 Å².